The molecule has 0 radical (unpaired) electrons. The Kier molecular flexibility index (Phi) is 6.68. The van der Waals surface area contributed by atoms with Gasteiger partial charge in [-0.1, -0.05) is 13.0 Å². The molecule has 2 amide bonds. The molecule has 22 heavy (non-hydrogen) atoms. The fraction of sp³-hybridized carbons (Fsp3) is 0.588. The molecule has 0 saturated heterocycles. The van der Waals surface area contributed by atoms with E-state index in [1.54, 1.807) is 0 Å². The SMILES string of the molecule is CCC(C)(CCO)NC(=O)Nc1cccc(N(C)C(C)C)c1. The summed E-state index contributed by atoms with van der Waals surface area (Å²) < 4.78 is 0. The summed E-state index contributed by atoms with van der Waals surface area (Å²) >= 11 is 0. The van der Waals surface area contributed by atoms with E-state index in [-0.39, 0.29) is 12.6 Å². The van der Waals surface area contributed by atoms with E-state index in [1.807, 2.05) is 45.2 Å². The van der Waals surface area contributed by atoms with Crippen molar-refractivity contribution in [2.75, 3.05) is 23.9 Å². The van der Waals surface area contributed by atoms with Gasteiger partial charge in [-0.2, -0.15) is 0 Å². The Morgan fingerprint density at radius 1 is 1.41 bits per heavy atom. The Labute approximate surface area is 133 Å². The Balaban J connectivity index is 2.74. The number of anilines is 2. The monoisotopic (exact) mass is 307 g/mol. The van der Waals surface area contributed by atoms with Gasteiger partial charge < -0.3 is 20.6 Å². The summed E-state index contributed by atoms with van der Waals surface area (Å²) in [4.78, 5) is 14.3. The lowest BCUT2D eigenvalue weighted by Gasteiger charge is -2.29. The van der Waals surface area contributed by atoms with E-state index in [0.717, 1.165) is 17.8 Å². The maximum atomic E-state index is 12.2. The number of nitrogens with zero attached hydrogens (tertiary/aromatic N) is 1. The Bertz CT molecular complexity index is 491. The molecule has 0 aliphatic rings. The van der Waals surface area contributed by atoms with Crippen LogP contribution in [0, 0.1) is 0 Å². The van der Waals surface area contributed by atoms with Crippen molar-refractivity contribution in [2.45, 2.75) is 52.1 Å². The largest absolute Gasteiger partial charge is 0.396 e. The number of hydrogen-bond acceptors (Lipinski definition) is 3. The number of rotatable bonds is 7. The quantitative estimate of drug-likeness (QED) is 0.725. The summed E-state index contributed by atoms with van der Waals surface area (Å²) in [5.41, 5.74) is 1.41. The summed E-state index contributed by atoms with van der Waals surface area (Å²) in [5.74, 6) is 0. The Morgan fingerprint density at radius 3 is 2.64 bits per heavy atom. The zero-order valence-electron chi connectivity index (χ0n) is 14.3. The van der Waals surface area contributed by atoms with E-state index in [1.165, 1.54) is 0 Å². The van der Waals surface area contributed by atoms with Crippen molar-refractivity contribution in [1.82, 2.24) is 5.32 Å². The normalized spacial score (nSPS) is 13.6. The minimum atomic E-state index is -0.398. The van der Waals surface area contributed by atoms with Gasteiger partial charge in [0.15, 0.2) is 0 Å². The van der Waals surface area contributed by atoms with Crippen LogP contribution >= 0.6 is 0 Å². The first-order valence-corrected chi connectivity index (χ1v) is 7.84. The van der Waals surface area contributed by atoms with Crippen molar-refractivity contribution in [3.63, 3.8) is 0 Å². The molecule has 0 aromatic heterocycles. The number of hydrogen-bond donors (Lipinski definition) is 3. The van der Waals surface area contributed by atoms with Gasteiger partial charge in [-0.25, -0.2) is 4.79 Å². The fourth-order valence-electron chi connectivity index (χ4n) is 2.11. The van der Waals surface area contributed by atoms with Crippen molar-refractivity contribution in [1.29, 1.82) is 0 Å². The third kappa shape index (κ3) is 5.22. The molecule has 1 unspecified atom stereocenters. The molecule has 3 N–H and O–H groups in total. The van der Waals surface area contributed by atoms with Gasteiger partial charge in [0, 0.05) is 36.6 Å². The average molecular weight is 307 g/mol. The van der Waals surface area contributed by atoms with Crippen LogP contribution in [0.3, 0.4) is 0 Å². The van der Waals surface area contributed by atoms with Crippen LogP contribution in [0.25, 0.3) is 0 Å². The molecule has 5 heteroatoms. The summed E-state index contributed by atoms with van der Waals surface area (Å²) in [7, 11) is 2.03. The minimum Gasteiger partial charge on any atom is -0.396 e. The molecule has 1 aromatic carbocycles. The Morgan fingerprint density at radius 2 is 2.09 bits per heavy atom. The van der Waals surface area contributed by atoms with Crippen molar-refractivity contribution < 1.29 is 9.90 Å². The smallest absolute Gasteiger partial charge is 0.319 e. The van der Waals surface area contributed by atoms with Gasteiger partial charge in [-0.05, 0) is 51.8 Å². The highest BCUT2D eigenvalue weighted by atomic mass is 16.3. The number of amides is 2. The highest BCUT2D eigenvalue weighted by Crippen LogP contribution is 2.20. The van der Waals surface area contributed by atoms with Crippen LogP contribution in [0.5, 0.6) is 0 Å². The second-order valence-electron chi connectivity index (χ2n) is 6.22. The summed E-state index contributed by atoms with van der Waals surface area (Å²) in [5, 5.41) is 14.9. The van der Waals surface area contributed by atoms with Crippen LogP contribution in [0.2, 0.25) is 0 Å². The molecule has 0 aliphatic carbocycles. The van der Waals surface area contributed by atoms with E-state index in [4.69, 9.17) is 5.11 Å². The van der Waals surface area contributed by atoms with Crippen LogP contribution in [-0.2, 0) is 0 Å². The van der Waals surface area contributed by atoms with Gasteiger partial charge in [-0.15, -0.1) is 0 Å². The second-order valence-corrected chi connectivity index (χ2v) is 6.22. The molecule has 5 nitrogen and oxygen atoms in total. The van der Waals surface area contributed by atoms with Gasteiger partial charge in [-0.3, -0.25) is 0 Å². The van der Waals surface area contributed by atoms with Crippen molar-refractivity contribution in [3.05, 3.63) is 24.3 Å². The highest BCUT2D eigenvalue weighted by molar-refractivity contribution is 5.90. The van der Waals surface area contributed by atoms with Gasteiger partial charge in [0.05, 0.1) is 0 Å². The lowest BCUT2D eigenvalue weighted by molar-refractivity contribution is 0.208. The molecule has 0 heterocycles. The highest BCUT2D eigenvalue weighted by Gasteiger charge is 2.23. The van der Waals surface area contributed by atoms with E-state index in [9.17, 15) is 4.79 Å². The predicted molar refractivity (Wildman–Crippen MR) is 92.5 cm³/mol. The minimum absolute atomic E-state index is 0.0548. The molecule has 0 saturated carbocycles. The van der Waals surface area contributed by atoms with Crippen molar-refractivity contribution in [2.24, 2.45) is 0 Å². The first kappa shape index (κ1) is 18.3. The molecule has 1 atom stereocenters. The van der Waals surface area contributed by atoms with Crippen molar-refractivity contribution in [3.8, 4) is 0 Å². The molecular weight excluding hydrogens is 278 g/mol. The second kappa shape index (κ2) is 8.03. The zero-order chi connectivity index (χ0) is 16.8. The number of carbonyl (C=O) groups excluding carboxylic acids is 1. The molecule has 1 aromatic rings. The van der Waals surface area contributed by atoms with Crippen LogP contribution in [0.4, 0.5) is 16.2 Å². The number of carbonyl (C=O) groups is 1. The molecule has 0 fully saturated rings. The molecule has 0 aliphatic heterocycles. The number of urea groups is 1. The zero-order valence-corrected chi connectivity index (χ0v) is 14.3. The van der Waals surface area contributed by atoms with E-state index < -0.39 is 5.54 Å². The van der Waals surface area contributed by atoms with E-state index in [2.05, 4.69) is 29.4 Å². The number of benzene rings is 1. The standard InChI is InChI=1S/C17H29N3O2/c1-6-17(4,10-11-21)19-16(22)18-14-8-7-9-15(12-14)20(5)13(2)3/h7-9,12-13,21H,6,10-11H2,1-5H3,(H2,18,19,22). The fourth-order valence-corrected chi connectivity index (χ4v) is 2.11. The van der Waals surface area contributed by atoms with Gasteiger partial charge >= 0.3 is 6.03 Å². The van der Waals surface area contributed by atoms with Crippen LogP contribution in [0.1, 0.15) is 40.5 Å². The number of aliphatic hydroxyl groups excluding tert-OH is 1. The van der Waals surface area contributed by atoms with Crippen LogP contribution in [-0.4, -0.2) is 36.4 Å². The predicted octanol–water partition coefficient (Wildman–Crippen LogP) is 3.20. The first-order valence-electron chi connectivity index (χ1n) is 7.84. The average Bonchev–Trinajstić information content (AvgIpc) is 2.46. The molecule has 1 rings (SSSR count). The topological polar surface area (TPSA) is 64.6 Å². The number of nitrogens with one attached hydrogen (secondary N) is 2. The Hall–Kier alpha value is -1.75. The first-order chi connectivity index (χ1) is 10.3. The van der Waals surface area contributed by atoms with E-state index in [0.29, 0.717) is 12.5 Å². The lowest BCUT2D eigenvalue weighted by atomic mass is 9.95. The lowest BCUT2D eigenvalue weighted by Crippen LogP contribution is -2.48. The van der Waals surface area contributed by atoms with Crippen LogP contribution in [0.15, 0.2) is 24.3 Å². The maximum Gasteiger partial charge on any atom is 0.319 e. The molecule has 124 valence electrons. The summed E-state index contributed by atoms with van der Waals surface area (Å²) in [6.07, 6.45) is 1.30. The van der Waals surface area contributed by atoms with Gasteiger partial charge in [0.2, 0.25) is 0 Å². The van der Waals surface area contributed by atoms with E-state index >= 15 is 0 Å². The van der Waals surface area contributed by atoms with Crippen molar-refractivity contribution >= 4 is 17.4 Å². The number of aliphatic hydroxyl groups is 1. The summed E-state index contributed by atoms with van der Waals surface area (Å²) in [6, 6.07) is 7.91. The molecular formula is C17H29N3O2. The molecule has 0 spiro atoms. The third-order valence-corrected chi connectivity index (χ3v) is 4.15. The summed E-state index contributed by atoms with van der Waals surface area (Å²) in [6.45, 7) is 8.22. The van der Waals surface area contributed by atoms with Gasteiger partial charge in [0.1, 0.15) is 0 Å². The maximum absolute atomic E-state index is 12.2. The third-order valence-electron chi connectivity index (χ3n) is 4.15. The van der Waals surface area contributed by atoms with Gasteiger partial charge in [0.25, 0.3) is 0 Å². The molecule has 0 bridgehead atoms. The van der Waals surface area contributed by atoms with Crippen LogP contribution < -0.4 is 15.5 Å².